The summed E-state index contributed by atoms with van der Waals surface area (Å²) in [7, 11) is 0. The fraction of sp³-hybridized carbons (Fsp3) is 0.257. The topological polar surface area (TPSA) is 148 Å². The molecular formula is C35H35F2N5O6. The summed E-state index contributed by atoms with van der Waals surface area (Å²) in [5, 5.41) is 6.45. The molecule has 0 spiro atoms. The molecule has 3 aromatic carbocycles. The average Bonchev–Trinajstić information content (AvgIpc) is 3.09. The second-order valence-electron chi connectivity index (χ2n) is 11.1. The fourth-order valence-corrected chi connectivity index (χ4v) is 4.77. The molecule has 3 amide bonds. The van der Waals surface area contributed by atoms with E-state index in [1.165, 1.54) is 0 Å². The van der Waals surface area contributed by atoms with Gasteiger partial charge in [0.2, 0.25) is 11.7 Å². The molecule has 0 aliphatic carbocycles. The highest BCUT2D eigenvalue weighted by atomic mass is 19.3. The number of anilines is 1. The van der Waals surface area contributed by atoms with Gasteiger partial charge in [0.15, 0.2) is 0 Å². The SMILES string of the molecule is CC(C)c1ccccc1CCNC(=O)C(F)(F)C(=O)CNC(=O)Cn1c(-c2ccccc2)ncc(NC(=O)OCc2ccccc2)c1=O. The van der Waals surface area contributed by atoms with Gasteiger partial charge in [-0.05, 0) is 29.0 Å². The van der Waals surface area contributed by atoms with Crippen molar-refractivity contribution in [2.75, 3.05) is 18.4 Å². The zero-order valence-corrected chi connectivity index (χ0v) is 26.4. The van der Waals surface area contributed by atoms with E-state index in [4.69, 9.17) is 4.74 Å². The number of carbonyl (C=O) groups is 4. The zero-order valence-electron chi connectivity index (χ0n) is 26.4. The lowest BCUT2D eigenvalue weighted by atomic mass is 9.95. The number of ketones is 1. The molecule has 1 heterocycles. The monoisotopic (exact) mass is 659 g/mol. The Balaban J connectivity index is 1.39. The second kappa shape index (κ2) is 16.2. The van der Waals surface area contributed by atoms with Crippen LogP contribution in [0.5, 0.6) is 0 Å². The van der Waals surface area contributed by atoms with Crippen molar-refractivity contribution < 1.29 is 32.7 Å². The first-order valence-electron chi connectivity index (χ1n) is 15.1. The van der Waals surface area contributed by atoms with E-state index in [0.29, 0.717) is 11.1 Å². The van der Waals surface area contributed by atoms with Gasteiger partial charge in [0.1, 0.15) is 24.7 Å². The van der Waals surface area contributed by atoms with Gasteiger partial charge in [-0.25, -0.2) is 9.78 Å². The van der Waals surface area contributed by atoms with E-state index in [-0.39, 0.29) is 37.0 Å². The third-order valence-electron chi connectivity index (χ3n) is 7.27. The maximum atomic E-state index is 14.7. The molecule has 0 radical (unpaired) electrons. The largest absolute Gasteiger partial charge is 0.444 e. The number of nitrogens with one attached hydrogen (secondary N) is 3. The van der Waals surface area contributed by atoms with E-state index in [2.05, 4.69) is 20.9 Å². The Morgan fingerprint density at radius 3 is 2.23 bits per heavy atom. The Kier molecular flexibility index (Phi) is 11.9. The number of hydrogen-bond acceptors (Lipinski definition) is 7. The highest BCUT2D eigenvalue weighted by Gasteiger charge is 2.46. The zero-order chi connectivity index (χ0) is 34.7. The maximum Gasteiger partial charge on any atom is 0.412 e. The summed E-state index contributed by atoms with van der Waals surface area (Å²) in [5.41, 5.74) is 1.91. The number of halogens is 2. The Labute approximate surface area is 275 Å². The van der Waals surface area contributed by atoms with Crippen LogP contribution in [-0.2, 0) is 38.7 Å². The van der Waals surface area contributed by atoms with Crippen molar-refractivity contribution in [3.63, 3.8) is 0 Å². The Morgan fingerprint density at radius 2 is 1.54 bits per heavy atom. The standard InChI is InChI=1S/C35H35F2N5O6/c1-23(2)27-16-10-9-13-25(27)17-18-38-33(46)35(36,37)29(43)20-39-30(44)21-42-31(26-14-7-4-8-15-26)40-19-28(32(42)45)41-34(47)48-22-24-11-5-3-6-12-24/h3-16,19,23H,17-18,20-22H2,1-2H3,(H,38,46)(H,39,44)(H,41,47). The lowest BCUT2D eigenvalue weighted by Crippen LogP contribution is -2.50. The van der Waals surface area contributed by atoms with Gasteiger partial charge in [0, 0.05) is 12.1 Å². The minimum absolute atomic E-state index is 0.0361. The van der Waals surface area contributed by atoms with E-state index in [0.717, 1.165) is 21.9 Å². The lowest BCUT2D eigenvalue weighted by Gasteiger charge is -2.17. The predicted octanol–water partition coefficient (Wildman–Crippen LogP) is 4.46. The van der Waals surface area contributed by atoms with Gasteiger partial charge in [0.25, 0.3) is 11.5 Å². The molecule has 250 valence electrons. The predicted molar refractivity (Wildman–Crippen MR) is 174 cm³/mol. The molecule has 0 aliphatic heterocycles. The number of rotatable bonds is 14. The van der Waals surface area contributed by atoms with Crippen molar-refractivity contribution >= 4 is 29.4 Å². The Bertz CT molecular complexity index is 1810. The quantitative estimate of drug-likeness (QED) is 0.169. The van der Waals surface area contributed by atoms with Crippen LogP contribution in [0.15, 0.2) is 95.9 Å². The number of alkyl halides is 2. The summed E-state index contributed by atoms with van der Waals surface area (Å²) < 4.78 is 35.4. The first kappa shape index (κ1) is 35.1. The molecule has 11 nitrogen and oxygen atoms in total. The van der Waals surface area contributed by atoms with Gasteiger partial charge in [-0.2, -0.15) is 8.78 Å². The van der Waals surface area contributed by atoms with Crippen LogP contribution in [-0.4, -0.2) is 52.3 Å². The van der Waals surface area contributed by atoms with Gasteiger partial charge in [-0.1, -0.05) is 98.8 Å². The molecule has 0 fully saturated rings. The minimum atomic E-state index is -4.41. The van der Waals surface area contributed by atoms with Crippen LogP contribution in [0, 0.1) is 0 Å². The number of benzene rings is 3. The lowest BCUT2D eigenvalue weighted by molar-refractivity contribution is -0.158. The normalized spacial score (nSPS) is 11.1. The average molecular weight is 660 g/mol. The van der Waals surface area contributed by atoms with E-state index in [1.807, 2.05) is 38.1 Å². The highest BCUT2D eigenvalue weighted by Crippen LogP contribution is 2.20. The first-order valence-corrected chi connectivity index (χ1v) is 15.1. The molecule has 0 atom stereocenters. The summed E-state index contributed by atoms with van der Waals surface area (Å²) >= 11 is 0. The number of amides is 3. The molecule has 1 aromatic heterocycles. The number of carbonyl (C=O) groups excluding carboxylic acids is 4. The van der Waals surface area contributed by atoms with E-state index in [1.54, 1.807) is 60.7 Å². The van der Waals surface area contributed by atoms with E-state index >= 15 is 0 Å². The van der Waals surface area contributed by atoms with Crippen LogP contribution in [0.4, 0.5) is 19.3 Å². The molecule has 3 N–H and O–H groups in total. The van der Waals surface area contributed by atoms with Crippen molar-refractivity contribution in [2.45, 2.75) is 45.3 Å². The molecule has 0 bridgehead atoms. The minimum Gasteiger partial charge on any atom is -0.444 e. The number of ether oxygens (including phenoxy) is 1. The summed E-state index contributed by atoms with van der Waals surface area (Å²) in [6, 6.07) is 24.6. The van der Waals surface area contributed by atoms with E-state index < -0.39 is 48.3 Å². The van der Waals surface area contributed by atoms with Crippen molar-refractivity contribution in [1.82, 2.24) is 20.2 Å². The third-order valence-corrected chi connectivity index (χ3v) is 7.27. The molecular weight excluding hydrogens is 624 g/mol. The molecule has 0 saturated carbocycles. The van der Waals surface area contributed by atoms with E-state index in [9.17, 15) is 32.8 Å². The third kappa shape index (κ3) is 9.18. The summed E-state index contributed by atoms with van der Waals surface area (Å²) in [6.45, 7) is 1.87. The first-order chi connectivity index (χ1) is 23.0. The number of Topliss-reactive ketones (excluding diaryl/α,β-unsaturated/α-hetero) is 1. The van der Waals surface area contributed by atoms with Crippen LogP contribution in [0.25, 0.3) is 11.4 Å². The second-order valence-corrected chi connectivity index (χ2v) is 11.1. The molecule has 0 unspecified atom stereocenters. The van der Waals surface area contributed by atoms with Crippen molar-refractivity contribution in [3.05, 3.63) is 118 Å². The highest BCUT2D eigenvalue weighted by molar-refractivity contribution is 6.09. The van der Waals surface area contributed by atoms with Gasteiger partial charge in [0.05, 0.1) is 12.7 Å². The van der Waals surface area contributed by atoms with Gasteiger partial charge in [-0.3, -0.25) is 29.1 Å². The molecule has 0 aliphatic rings. The van der Waals surface area contributed by atoms with Crippen LogP contribution < -0.4 is 21.5 Å². The number of nitrogens with zero attached hydrogens (tertiary/aromatic N) is 2. The van der Waals surface area contributed by atoms with Crippen LogP contribution in [0.2, 0.25) is 0 Å². The van der Waals surface area contributed by atoms with Gasteiger partial charge in [-0.15, -0.1) is 0 Å². The van der Waals surface area contributed by atoms with Gasteiger partial charge >= 0.3 is 12.0 Å². The Morgan fingerprint density at radius 1 is 0.896 bits per heavy atom. The molecule has 4 rings (SSSR count). The fourth-order valence-electron chi connectivity index (χ4n) is 4.77. The smallest absolute Gasteiger partial charge is 0.412 e. The Hall–Kier alpha value is -5.72. The van der Waals surface area contributed by atoms with Crippen molar-refractivity contribution in [1.29, 1.82) is 0 Å². The summed E-state index contributed by atoms with van der Waals surface area (Å²) in [4.78, 5) is 67.5. The molecule has 0 saturated heterocycles. The number of hydrogen-bond donors (Lipinski definition) is 3. The van der Waals surface area contributed by atoms with Crippen molar-refractivity contribution in [2.24, 2.45) is 0 Å². The summed E-state index contributed by atoms with van der Waals surface area (Å²) in [6.07, 6.45) is 0.440. The van der Waals surface area contributed by atoms with Crippen LogP contribution >= 0.6 is 0 Å². The molecule has 4 aromatic rings. The maximum absolute atomic E-state index is 14.7. The van der Waals surface area contributed by atoms with Crippen molar-refractivity contribution in [3.8, 4) is 11.4 Å². The van der Waals surface area contributed by atoms with Crippen LogP contribution in [0.1, 0.15) is 36.5 Å². The number of aromatic nitrogens is 2. The molecule has 13 heteroatoms. The van der Waals surface area contributed by atoms with Crippen LogP contribution in [0.3, 0.4) is 0 Å². The molecule has 48 heavy (non-hydrogen) atoms. The van der Waals surface area contributed by atoms with Gasteiger partial charge < -0.3 is 15.4 Å². The summed E-state index contributed by atoms with van der Waals surface area (Å²) in [5.74, 6) is -8.79.